The van der Waals surface area contributed by atoms with Gasteiger partial charge < -0.3 is 20.1 Å². The molecular formula is C20H18ClN3O3. The van der Waals surface area contributed by atoms with Crippen LogP contribution in [0, 0.1) is 0 Å². The van der Waals surface area contributed by atoms with Crippen molar-refractivity contribution in [2.45, 2.75) is 0 Å². The Labute approximate surface area is 162 Å². The molecule has 3 rings (SSSR count). The molecule has 2 N–H and O–H groups in total. The van der Waals surface area contributed by atoms with Crippen LogP contribution in [0.1, 0.15) is 10.4 Å². The number of benzene rings is 2. The molecule has 1 amide bonds. The summed E-state index contributed by atoms with van der Waals surface area (Å²) < 4.78 is 10.4. The summed E-state index contributed by atoms with van der Waals surface area (Å²) in [4.78, 5) is 16.6. The Bertz CT molecular complexity index is 945. The Morgan fingerprint density at radius 3 is 2.59 bits per heavy atom. The van der Waals surface area contributed by atoms with Gasteiger partial charge in [-0.3, -0.25) is 4.79 Å². The Morgan fingerprint density at radius 2 is 1.89 bits per heavy atom. The van der Waals surface area contributed by atoms with Gasteiger partial charge in [-0.25, -0.2) is 4.98 Å². The third kappa shape index (κ3) is 4.68. The van der Waals surface area contributed by atoms with Gasteiger partial charge in [-0.05, 0) is 48.5 Å². The maximum absolute atomic E-state index is 12.3. The van der Waals surface area contributed by atoms with E-state index in [1.54, 1.807) is 75.0 Å². The summed E-state index contributed by atoms with van der Waals surface area (Å²) in [5.74, 6) is 1.45. The summed E-state index contributed by atoms with van der Waals surface area (Å²) >= 11 is 6.03. The molecule has 0 aliphatic rings. The van der Waals surface area contributed by atoms with Crippen molar-refractivity contribution in [2.75, 3.05) is 24.9 Å². The number of carbonyl (C=O) groups excluding carboxylic acids is 1. The molecule has 2 aromatic carbocycles. The van der Waals surface area contributed by atoms with E-state index in [1.165, 1.54) is 0 Å². The van der Waals surface area contributed by atoms with E-state index in [2.05, 4.69) is 15.6 Å². The molecule has 0 aliphatic heterocycles. The van der Waals surface area contributed by atoms with E-state index >= 15 is 0 Å². The minimum Gasteiger partial charge on any atom is -0.497 e. The van der Waals surface area contributed by atoms with Gasteiger partial charge in [-0.15, -0.1) is 0 Å². The predicted octanol–water partition coefficient (Wildman–Crippen LogP) is 4.75. The molecule has 0 unspecified atom stereocenters. The summed E-state index contributed by atoms with van der Waals surface area (Å²) in [7, 11) is 3.14. The van der Waals surface area contributed by atoms with Gasteiger partial charge in [0.2, 0.25) is 0 Å². The van der Waals surface area contributed by atoms with Crippen molar-refractivity contribution in [3.8, 4) is 11.5 Å². The van der Waals surface area contributed by atoms with Gasteiger partial charge in [-0.1, -0.05) is 17.7 Å². The van der Waals surface area contributed by atoms with Gasteiger partial charge in [-0.2, -0.15) is 0 Å². The molecule has 0 spiro atoms. The highest BCUT2D eigenvalue weighted by molar-refractivity contribution is 6.31. The molecule has 0 radical (unpaired) electrons. The molecule has 27 heavy (non-hydrogen) atoms. The lowest BCUT2D eigenvalue weighted by Crippen LogP contribution is -2.13. The second-order valence-corrected chi connectivity index (χ2v) is 6.02. The molecule has 0 bridgehead atoms. The van der Waals surface area contributed by atoms with E-state index in [1.807, 2.05) is 0 Å². The van der Waals surface area contributed by atoms with Gasteiger partial charge in [0.05, 0.1) is 31.8 Å². The highest BCUT2D eigenvalue weighted by Crippen LogP contribution is 2.30. The van der Waals surface area contributed by atoms with Crippen LogP contribution < -0.4 is 20.1 Å². The number of ether oxygens (including phenoxy) is 2. The number of amides is 1. The third-order valence-electron chi connectivity index (χ3n) is 3.78. The minimum absolute atomic E-state index is 0.265. The second-order valence-electron chi connectivity index (χ2n) is 5.59. The smallest absolute Gasteiger partial charge is 0.256 e. The quantitative estimate of drug-likeness (QED) is 0.642. The zero-order valence-electron chi connectivity index (χ0n) is 14.8. The van der Waals surface area contributed by atoms with E-state index in [0.29, 0.717) is 27.9 Å². The molecule has 1 heterocycles. The fraction of sp³-hybridized carbons (Fsp3) is 0.100. The fourth-order valence-electron chi connectivity index (χ4n) is 2.43. The number of rotatable bonds is 6. The Kier molecular flexibility index (Phi) is 5.78. The van der Waals surface area contributed by atoms with Crippen molar-refractivity contribution in [1.29, 1.82) is 0 Å². The first-order chi connectivity index (χ1) is 13.1. The first-order valence-corrected chi connectivity index (χ1v) is 8.49. The van der Waals surface area contributed by atoms with E-state index in [-0.39, 0.29) is 5.91 Å². The number of nitrogens with one attached hydrogen (secondary N) is 2. The molecule has 0 atom stereocenters. The minimum atomic E-state index is -0.265. The van der Waals surface area contributed by atoms with Gasteiger partial charge in [0.15, 0.2) is 0 Å². The lowest BCUT2D eigenvalue weighted by atomic mass is 10.2. The standard InChI is InChI=1S/C20H18ClN3O3/c1-26-16-5-3-4-13(10-16)20(25)24-19-9-7-15(12-22-19)23-17-11-14(21)6-8-18(17)27-2/h3-12,23H,1-2H3,(H,22,24,25). The first-order valence-electron chi connectivity index (χ1n) is 8.11. The molecule has 6 nitrogen and oxygen atoms in total. The zero-order valence-corrected chi connectivity index (χ0v) is 15.6. The summed E-state index contributed by atoms with van der Waals surface area (Å²) in [6, 6.07) is 15.7. The van der Waals surface area contributed by atoms with Crippen molar-refractivity contribution >= 4 is 34.7 Å². The van der Waals surface area contributed by atoms with Crippen LogP contribution in [0.3, 0.4) is 0 Å². The van der Waals surface area contributed by atoms with Crippen LogP contribution >= 0.6 is 11.6 Å². The van der Waals surface area contributed by atoms with E-state index in [9.17, 15) is 4.79 Å². The number of hydrogen-bond acceptors (Lipinski definition) is 5. The molecule has 0 aliphatic carbocycles. The lowest BCUT2D eigenvalue weighted by molar-refractivity contribution is 0.102. The number of halogens is 1. The average Bonchev–Trinajstić information content (AvgIpc) is 2.69. The molecule has 0 fully saturated rings. The first kappa shape index (κ1) is 18.5. The van der Waals surface area contributed by atoms with Crippen molar-refractivity contribution in [2.24, 2.45) is 0 Å². The Balaban J connectivity index is 1.70. The summed E-state index contributed by atoms with van der Waals surface area (Å²) in [6.45, 7) is 0. The molecule has 0 saturated heterocycles. The van der Waals surface area contributed by atoms with Crippen LogP contribution in [0.15, 0.2) is 60.8 Å². The number of pyridine rings is 1. The van der Waals surface area contributed by atoms with Crippen molar-refractivity contribution < 1.29 is 14.3 Å². The zero-order chi connectivity index (χ0) is 19.2. The number of anilines is 3. The Morgan fingerprint density at radius 1 is 1.04 bits per heavy atom. The number of nitrogens with zero attached hydrogens (tertiary/aromatic N) is 1. The highest BCUT2D eigenvalue weighted by atomic mass is 35.5. The van der Waals surface area contributed by atoms with Crippen LogP contribution in [0.25, 0.3) is 0 Å². The van der Waals surface area contributed by atoms with E-state index < -0.39 is 0 Å². The third-order valence-corrected chi connectivity index (χ3v) is 4.01. The fourth-order valence-corrected chi connectivity index (χ4v) is 2.60. The van der Waals surface area contributed by atoms with Crippen molar-refractivity contribution in [1.82, 2.24) is 4.98 Å². The van der Waals surface area contributed by atoms with Crippen molar-refractivity contribution in [3.63, 3.8) is 0 Å². The topological polar surface area (TPSA) is 72.5 Å². The van der Waals surface area contributed by atoms with E-state index in [0.717, 1.165) is 11.4 Å². The SMILES string of the molecule is COc1cccc(C(=O)Nc2ccc(Nc3cc(Cl)ccc3OC)cn2)c1. The monoisotopic (exact) mass is 383 g/mol. The lowest BCUT2D eigenvalue weighted by Gasteiger charge is -2.12. The maximum Gasteiger partial charge on any atom is 0.256 e. The summed E-state index contributed by atoms with van der Waals surface area (Å²) in [5, 5.41) is 6.53. The largest absolute Gasteiger partial charge is 0.497 e. The van der Waals surface area contributed by atoms with Crippen LogP contribution in [0.2, 0.25) is 5.02 Å². The van der Waals surface area contributed by atoms with Crippen LogP contribution in [-0.4, -0.2) is 25.1 Å². The summed E-state index contributed by atoms with van der Waals surface area (Å²) in [5.41, 5.74) is 1.94. The van der Waals surface area contributed by atoms with Crippen LogP contribution in [-0.2, 0) is 0 Å². The number of carbonyl (C=O) groups is 1. The number of aromatic nitrogens is 1. The van der Waals surface area contributed by atoms with E-state index in [4.69, 9.17) is 21.1 Å². The number of methoxy groups -OCH3 is 2. The molecule has 7 heteroatoms. The van der Waals surface area contributed by atoms with Gasteiger partial charge >= 0.3 is 0 Å². The highest BCUT2D eigenvalue weighted by Gasteiger charge is 2.09. The van der Waals surface area contributed by atoms with Crippen LogP contribution in [0.4, 0.5) is 17.2 Å². The average molecular weight is 384 g/mol. The van der Waals surface area contributed by atoms with Gasteiger partial charge in [0, 0.05) is 10.6 Å². The normalized spacial score (nSPS) is 10.2. The molecule has 0 saturated carbocycles. The van der Waals surface area contributed by atoms with Crippen molar-refractivity contribution in [3.05, 3.63) is 71.4 Å². The summed E-state index contributed by atoms with van der Waals surface area (Å²) in [6.07, 6.45) is 1.61. The number of hydrogen-bond donors (Lipinski definition) is 2. The van der Waals surface area contributed by atoms with Gasteiger partial charge in [0.25, 0.3) is 5.91 Å². The molecular weight excluding hydrogens is 366 g/mol. The van der Waals surface area contributed by atoms with Gasteiger partial charge in [0.1, 0.15) is 17.3 Å². The molecule has 1 aromatic heterocycles. The van der Waals surface area contributed by atoms with Crippen LogP contribution in [0.5, 0.6) is 11.5 Å². The predicted molar refractivity (Wildman–Crippen MR) is 106 cm³/mol. The molecule has 3 aromatic rings. The maximum atomic E-state index is 12.3. The molecule has 138 valence electrons. The Hall–Kier alpha value is -3.25. The second kappa shape index (κ2) is 8.42.